The van der Waals surface area contributed by atoms with Gasteiger partial charge in [0.1, 0.15) is 10.7 Å². The fraction of sp³-hybridized carbons (Fsp3) is 0.0833. The topological polar surface area (TPSA) is 85.1 Å². The number of nitrogens with one attached hydrogen (secondary N) is 1. The van der Waals surface area contributed by atoms with Crippen molar-refractivity contribution in [3.63, 3.8) is 0 Å². The minimum absolute atomic E-state index is 0.0456. The van der Waals surface area contributed by atoms with Crippen molar-refractivity contribution in [3.05, 3.63) is 45.5 Å². The van der Waals surface area contributed by atoms with E-state index in [4.69, 9.17) is 17.3 Å². The Hall–Kier alpha value is -1.31. The number of nitrogens with two attached hydrogens (primary N) is 1. The van der Waals surface area contributed by atoms with Crippen molar-refractivity contribution < 1.29 is 8.42 Å². The SMILES string of the molecule is Cc1nc(NS(=O)(=O)c2ccc(N)cc2Cl)ccc1Br. The zero-order chi connectivity index (χ0) is 14.9. The van der Waals surface area contributed by atoms with E-state index in [9.17, 15) is 8.42 Å². The van der Waals surface area contributed by atoms with E-state index in [-0.39, 0.29) is 15.7 Å². The van der Waals surface area contributed by atoms with Gasteiger partial charge in [-0.15, -0.1) is 0 Å². The predicted octanol–water partition coefficient (Wildman–Crippen LogP) is 3.19. The zero-order valence-electron chi connectivity index (χ0n) is 10.4. The third-order valence-corrected chi connectivity index (χ3v) is 5.18. The molecule has 0 amide bonds. The number of aryl methyl sites for hydroxylation is 1. The van der Waals surface area contributed by atoms with Crippen molar-refractivity contribution in [1.29, 1.82) is 0 Å². The summed E-state index contributed by atoms with van der Waals surface area (Å²) in [5.74, 6) is 0.221. The number of pyridine rings is 1. The first-order valence-electron chi connectivity index (χ1n) is 5.50. The molecule has 0 aliphatic heterocycles. The summed E-state index contributed by atoms with van der Waals surface area (Å²) in [6.45, 7) is 1.76. The molecule has 5 nitrogen and oxygen atoms in total. The van der Waals surface area contributed by atoms with Gasteiger partial charge in [0.15, 0.2) is 0 Å². The number of hydrogen-bond donors (Lipinski definition) is 2. The quantitative estimate of drug-likeness (QED) is 0.806. The highest BCUT2D eigenvalue weighted by molar-refractivity contribution is 9.10. The van der Waals surface area contributed by atoms with Gasteiger partial charge in [-0.3, -0.25) is 4.72 Å². The molecule has 0 saturated carbocycles. The Labute approximate surface area is 130 Å². The molecular formula is C12H11BrClN3O2S. The third-order valence-electron chi connectivity index (χ3n) is 2.51. The van der Waals surface area contributed by atoms with Crippen molar-refractivity contribution in [2.75, 3.05) is 10.5 Å². The molecular weight excluding hydrogens is 366 g/mol. The number of nitrogen functional groups attached to an aromatic ring is 1. The summed E-state index contributed by atoms with van der Waals surface area (Å²) in [5, 5.41) is 0.0614. The number of rotatable bonds is 3. The number of sulfonamides is 1. The lowest BCUT2D eigenvalue weighted by molar-refractivity contribution is 0.601. The van der Waals surface area contributed by atoms with E-state index in [0.717, 1.165) is 4.47 Å². The van der Waals surface area contributed by atoms with Gasteiger partial charge >= 0.3 is 0 Å². The molecule has 0 saturated heterocycles. The van der Waals surface area contributed by atoms with Gasteiger partial charge in [0.25, 0.3) is 10.0 Å². The minimum atomic E-state index is -3.81. The van der Waals surface area contributed by atoms with Crippen LogP contribution in [0, 0.1) is 6.92 Å². The predicted molar refractivity (Wildman–Crippen MR) is 83.3 cm³/mol. The molecule has 1 heterocycles. The second-order valence-electron chi connectivity index (χ2n) is 4.06. The average Bonchev–Trinajstić information content (AvgIpc) is 2.33. The third kappa shape index (κ3) is 3.23. The van der Waals surface area contributed by atoms with Crippen molar-refractivity contribution >= 4 is 49.1 Å². The summed E-state index contributed by atoms with van der Waals surface area (Å²) in [7, 11) is -3.81. The fourth-order valence-corrected chi connectivity index (χ4v) is 3.30. The van der Waals surface area contributed by atoms with Crippen LogP contribution in [-0.2, 0) is 10.0 Å². The Bertz CT molecular complexity index is 765. The Morgan fingerprint density at radius 1 is 1.30 bits per heavy atom. The molecule has 8 heteroatoms. The van der Waals surface area contributed by atoms with E-state index in [1.807, 2.05) is 0 Å². The number of aromatic nitrogens is 1. The monoisotopic (exact) mass is 375 g/mol. The molecule has 1 aromatic heterocycles. The van der Waals surface area contributed by atoms with Crippen LogP contribution in [0.2, 0.25) is 5.02 Å². The van der Waals surface area contributed by atoms with Crippen LogP contribution in [0.5, 0.6) is 0 Å². The first kappa shape index (κ1) is 15.1. The second-order valence-corrected chi connectivity index (χ2v) is 6.97. The number of hydrogen-bond acceptors (Lipinski definition) is 4. The highest BCUT2D eigenvalue weighted by atomic mass is 79.9. The Balaban J connectivity index is 2.38. The molecule has 3 N–H and O–H groups in total. The molecule has 106 valence electrons. The summed E-state index contributed by atoms with van der Waals surface area (Å²) < 4.78 is 27.7. The van der Waals surface area contributed by atoms with Crippen LogP contribution in [-0.4, -0.2) is 13.4 Å². The number of benzene rings is 1. The molecule has 2 aromatic rings. The molecule has 0 fully saturated rings. The fourth-order valence-electron chi connectivity index (χ4n) is 1.53. The maximum absolute atomic E-state index is 12.2. The summed E-state index contributed by atoms with van der Waals surface area (Å²) >= 11 is 9.21. The standard InChI is InChI=1S/C12H11BrClN3O2S/c1-7-9(13)3-5-12(16-7)17-20(18,19)11-4-2-8(15)6-10(11)14/h2-6H,15H2,1H3,(H,16,17). The Morgan fingerprint density at radius 2 is 2.00 bits per heavy atom. The second kappa shape index (κ2) is 5.59. The van der Waals surface area contributed by atoms with Crippen LogP contribution in [0.15, 0.2) is 39.7 Å². The van der Waals surface area contributed by atoms with E-state index >= 15 is 0 Å². The molecule has 2 rings (SSSR count). The van der Waals surface area contributed by atoms with Gasteiger partial charge in [0, 0.05) is 10.2 Å². The van der Waals surface area contributed by atoms with E-state index in [1.54, 1.807) is 19.1 Å². The average molecular weight is 377 g/mol. The van der Waals surface area contributed by atoms with Crippen molar-refractivity contribution in [2.24, 2.45) is 0 Å². The molecule has 1 aromatic carbocycles. The molecule has 0 spiro atoms. The smallest absolute Gasteiger partial charge is 0.264 e. The molecule has 0 radical (unpaired) electrons. The van der Waals surface area contributed by atoms with Crippen LogP contribution < -0.4 is 10.5 Å². The number of nitrogens with zero attached hydrogens (tertiary/aromatic N) is 1. The molecule has 20 heavy (non-hydrogen) atoms. The highest BCUT2D eigenvalue weighted by Gasteiger charge is 2.18. The zero-order valence-corrected chi connectivity index (χ0v) is 13.6. The summed E-state index contributed by atoms with van der Waals surface area (Å²) in [5.41, 5.74) is 6.61. The first-order chi connectivity index (χ1) is 9.29. The van der Waals surface area contributed by atoms with Crippen molar-refractivity contribution in [3.8, 4) is 0 Å². The number of halogens is 2. The van der Waals surface area contributed by atoms with Crippen LogP contribution in [0.1, 0.15) is 5.69 Å². The highest BCUT2D eigenvalue weighted by Crippen LogP contribution is 2.26. The van der Waals surface area contributed by atoms with Crippen molar-refractivity contribution in [1.82, 2.24) is 4.98 Å². The van der Waals surface area contributed by atoms with Crippen molar-refractivity contribution in [2.45, 2.75) is 11.8 Å². The summed E-state index contributed by atoms with van der Waals surface area (Å²) in [6.07, 6.45) is 0. The van der Waals surface area contributed by atoms with Crippen LogP contribution in [0.3, 0.4) is 0 Å². The van der Waals surface area contributed by atoms with E-state index < -0.39 is 10.0 Å². The Morgan fingerprint density at radius 3 is 2.60 bits per heavy atom. The normalized spacial score (nSPS) is 11.3. The van der Waals surface area contributed by atoms with Gasteiger partial charge in [-0.1, -0.05) is 11.6 Å². The van der Waals surface area contributed by atoms with Gasteiger partial charge < -0.3 is 5.73 Å². The lowest BCUT2D eigenvalue weighted by Crippen LogP contribution is -2.14. The first-order valence-corrected chi connectivity index (χ1v) is 8.16. The van der Waals surface area contributed by atoms with E-state index in [1.165, 1.54) is 18.2 Å². The van der Waals surface area contributed by atoms with Gasteiger partial charge in [0.2, 0.25) is 0 Å². The lowest BCUT2D eigenvalue weighted by Gasteiger charge is -2.10. The van der Waals surface area contributed by atoms with Gasteiger partial charge in [-0.05, 0) is 53.2 Å². The Kier molecular flexibility index (Phi) is 4.22. The van der Waals surface area contributed by atoms with Gasteiger partial charge in [0.05, 0.1) is 10.7 Å². The minimum Gasteiger partial charge on any atom is -0.399 e. The molecule has 0 aliphatic rings. The van der Waals surface area contributed by atoms with E-state index in [2.05, 4.69) is 25.6 Å². The largest absolute Gasteiger partial charge is 0.399 e. The van der Waals surface area contributed by atoms with Crippen LogP contribution in [0.25, 0.3) is 0 Å². The maximum atomic E-state index is 12.2. The van der Waals surface area contributed by atoms with E-state index in [0.29, 0.717) is 11.4 Å². The summed E-state index contributed by atoms with van der Waals surface area (Å²) in [4.78, 5) is 4.08. The summed E-state index contributed by atoms with van der Waals surface area (Å²) in [6, 6.07) is 7.48. The molecule has 0 unspecified atom stereocenters. The van der Waals surface area contributed by atoms with Gasteiger partial charge in [-0.25, -0.2) is 13.4 Å². The van der Waals surface area contributed by atoms with Crippen LogP contribution in [0.4, 0.5) is 11.5 Å². The molecule has 0 atom stereocenters. The maximum Gasteiger partial charge on any atom is 0.264 e. The number of anilines is 2. The molecule has 0 aliphatic carbocycles. The van der Waals surface area contributed by atoms with Gasteiger partial charge in [-0.2, -0.15) is 0 Å². The molecule has 0 bridgehead atoms. The van der Waals surface area contributed by atoms with Crippen LogP contribution >= 0.6 is 27.5 Å². The lowest BCUT2D eigenvalue weighted by atomic mass is 10.3.